The molecule has 2 amide bonds. The van der Waals surface area contributed by atoms with E-state index in [1.165, 1.54) is 0 Å². The number of amides is 2. The summed E-state index contributed by atoms with van der Waals surface area (Å²) in [4.78, 5) is 25.8. The van der Waals surface area contributed by atoms with Crippen molar-refractivity contribution in [3.8, 4) is 12.3 Å². The van der Waals surface area contributed by atoms with Crippen LogP contribution >= 0.6 is 0 Å². The molecule has 1 aliphatic rings. The molecule has 0 spiro atoms. The van der Waals surface area contributed by atoms with Gasteiger partial charge in [0.25, 0.3) is 0 Å². The molecule has 2 unspecified atom stereocenters. The highest BCUT2D eigenvalue weighted by atomic mass is 16.6. The predicted molar refractivity (Wildman–Crippen MR) is 92.5 cm³/mol. The second-order valence-electron chi connectivity index (χ2n) is 8.08. The summed E-state index contributed by atoms with van der Waals surface area (Å²) in [6.45, 7) is 11.9. The summed E-state index contributed by atoms with van der Waals surface area (Å²) in [5.74, 6) is 2.70. The lowest BCUT2D eigenvalue weighted by molar-refractivity contribution is 0.0211. The van der Waals surface area contributed by atoms with E-state index in [1.54, 1.807) is 4.90 Å². The Bertz CT molecular complexity index is 497. The van der Waals surface area contributed by atoms with Crippen LogP contribution in [-0.4, -0.2) is 47.4 Å². The van der Waals surface area contributed by atoms with Gasteiger partial charge in [-0.05, 0) is 53.9 Å². The van der Waals surface area contributed by atoms with E-state index in [-0.39, 0.29) is 18.1 Å². The fourth-order valence-electron chi connectivity index (χ4n) is 2.63. The number of terminal acetylenes is 1. The fourth-order valence-corrected chi connectivity index (χ4v) is 2.63. The maximum Gasteiger partial charge on any atom is 0.410 e. The second-order valence-corrected chi connectivity index (χ2v) is 8.08. The van der Waals surface area contributed by atoms with E-state index >= 15 is 0 Å². The topological polar surface area (TPSA) is 67.9 Å². The summed E-state index contributed by atoms with van der Waals surface area (Å²) in [7, 11) is 0. The standard InChI is InChI=1S/C18H30N2O4/c1-8-9-14-13(12-19-15(21)23-17(2,3)4)10-11-20(14)16(22)24-18(5,6)7/h1,13-14H,9-12H2,2-7H3,(H,19,21). The molecule has 0 aromatic rings. The van der Waals surface area contributed by atoms with Gasteiger partial charge < -0.3 is 19.7 Å². The SMILES string of the molecule is C#CCC1C(CNC(=O)OC(C)(C)C)CCN1C(=O)OC(C)(C)C. The normalized spacial score (nSPS) is 21.1. The Labute approximate surface area is 145 Å². The minimum absolute atomic E-state index is 0.0843. The number of ether oxygens (including phenoxy) is 2. The van der Waals surface area contributed by atoms with E-state index in [0.29, 0.717) is 19.5 Å². The van der Waals surface area contributed by atoms with Crippen molar-refractivity contribution in [1.29, 1.82) is 0 Å². The Kier molecular flexibility index (Phi) is 6.53. The van der Waals surface area contributed by atoms with Crippen LogP contribution in [0.25, 0.3) is 0 Å². The lowest BCUT2D eigenvalue weighted by Gasteiger charge is -2.30. The van der Waals surface area contributed by atoms with E-state index in [2.05, 4.69) is 11.2 Å². The summed E-state index contributed by atoms with van der Waals surface area (Å²) in [6, 6.07) is -0.139. The Morgan fingerprint density at radius 2 is 1.75 bits per heavy atom. The molecule has 136 valence electrons. The van der Waals surface area contributed by atoms with Crippen LogP contribution in [0.3, 0.4) is 0 Å². The molecule has 1 saturated heterocycles. The molecule has 0 bridgehead atoms. The number of alkyl carbamates (subject to hydrolysis) is 1. The van der Waals surface area contributed by atoms with Gasteiger partial charge in [-0.15, -0.1) is 12.3 Å². The Hall–Kier alpha value is -1.90. The maximum absolute atomic E-state index is 12.3. The number of hydrogen-bond acceptors (Lipinski definition) is 4. The summed E-state index contributed by atoms with van der Waals surface area (Å²) in [6.07, 6.45) is 5.84. The van der Waals surface area contributed by atoms with Crippen LogP contribution in [0, 0.1) is 18.3 Å². The maximum atomic E-state index is 12.3. The van der Waals surface area contributed by atoms with Gasteiger partial charge in [-0.2, -0.15) is 0 Å². The van der Waals surface area contributed by atoms with Crippen molar-refractivity contribution >= 4 is 12.2 Å². The highest BCUT2D eigenvalue weighted by Gasteiger charge is 2.38. The highest BCUT2D eigenvalue weighted by Crippen LogP contribution is 2.28. The van der Waals surface area contributed by atoms with Gasteiger partial charge in [0.15, 0.2) is 0 Å². The molecule has 0 aliphatic carbocycles. The molecule has 1 rings (SSSR count). The number of carbonyl (C=O) groups is 2. The van der Waals surface area contributed by atoms with Crippen LogP contribution < -0.4 is 5.32 Å². The third kappa shape index (κ3) is 6.69. The predicted octanol–water partition coefficient (Wildman–Crippen LogP) is 3.16. The lowest BCUT2D eigenvalue weighted by atomic mass is 9.98. The third-order valence-corrected chi connectivity index (χ3v) is 3.55. The lowest BCUT2D eigenvalue weighted by Crippen LogP contribution is -2.43. The van der Waals surface area contributed by atoms with Crippen LogP contribution in [0.15, 0.2) is 0 Å². The smallest absolute Gasteiger partial charge is 0.410 e. The molecular weight excluding hydrogens is 308 g/mol. The van der Waals surface area contributed by atoms with Crippen LogP contribution in [0.5, 0.6) is 0 Å². The molecule has 6 heteroatoms. The van der Waals surface area contributed by atoms with Gasteiger partial charge in [-0.25, -0.2) is 9.59 Å². The quantitative estimate of drug-likeness (QED) is 0.803. The molecular formula is C18H30N2O4. The second kappa shape index (κ2) is 7.78. The Balaban J connectivity index is 2.65. The van der Waals surface area contributed by atoms with Gasteiger partial charge in [0.05, 0.1) is 6.04 Å². The Morgan fingerprint density at radius 3 is 2.25 bits per heavy atom. The highest BCUT2D eigenvalue weighted by molar-refractivity contribution is 5.69. The summed E-state index contributed by atoms with van der Waals surface area (Å²) >= 11 is 0. The van der Waals surface area contributed by atoms with Gasteiger partial charge in [-0.1, -0.05) is 0 Å². The Morgan fingerprint density at radius 1 is 1.17 bits per heavy atom. The van der Waals surface area contributed by atoms with Gasteiger partial charge in [-0.3, -0.25) is 0 Å². The summed E-state index contributed by atoms with van der Waals surface area (Å²) < 4.78 is 10.7. The molecule has 0 saturated carbocycles. The molecule has 0 aromatic carbocycles. The van der Waals surface area contributed by atoms with Crippen molar-refractivity contribution in [2.24, 2.45) is 5.92 Å². The van der Waals surface area contributed by atoms with Gasteiger partial charge in [0, 0.05) is 19.5 Å². The number of likely N-dealkylation sites (tertiary alicyclic amines) is 1. The van der Waals surface area contributed by atoms with Crippen molar-refractivity contribution in [3.05, 3.63) is 0 Å². The van der Waals surface area contributed by atoms with Crippen LogP contribution in [0.2, 0.25) is 0 Å². The molecule has 1 heterocycles. The number of rotatable bonds is 3. The molecule has 1 fully saturated rings. The molecule has 2 atom stereocenters. The largest absolute Gasteiger partial charge is 0.444 e. The molecule has 1 aliphatic heterocycles. The molecule has 6 nitrogen and oxygen atoms in total. The molecule has 24 heavy (non-hydrogen) atoms. The van der Waals surface area contributed by atoms with E-state index in [1.807, 2.05) is 41.5 Å². The van der Waals surface area contributed by atoms with Crippen LogP contribution in [0.1, 0.15) is 54.4 Å². The first-order chi connectivity index (χ1) is 10.9. The zero-order valence-electron chi connectivity index (χ0n) is 15.6. The zero-order chi connectivity index (χ0) is 18.5. The van der Waals surface area contributed by atoms with Gasteiger partial charge in [0.2, 0.25) is 0 Å². The van der Waals surface area contributed by atoms with Crippen molar-refractivity contribution in [1.82, 2.24) is 10.2 Å². The van der Waals surface area contributed by atoms with Crippen molar-refractivity contribution < 1.29 is 19.1 Å². The first-order valence-corrected chi connectivity index (χ1v) is 8.33. The average molecular weight is 338 g/mol. The molecule has 0 aromatic heterocycles. The third-order valence-electron chi connectivity index (χ3n) is 3.55. The summed E-state index contributed by atoms with van der Waals surface area (Å²) in [5.41, 5.74) is -1.09. The first-order valence-electron chi connectivity index (χ1n) is 8.33. The van der Waals surface area contributed by atoms with Crippen molar-refractivity contribution in [3.63, 3.8) is 0 Å². The molecule has 1 N–H and O–H groups in total. The van der Waals surface area contributed by atoms with E-state index in [4.69, 9.17) is 15.9 Å². The first kappa shape index (κ1) is 20.1. The fraction of sp³-hybridized carbons (Fsp3) is 0.778. The minimum atomic E-state index is -0.551. The van der Waals surface area contributed by atoms with E-state index < -0.39 is 17.3 Å². The number of carbonyl (C=O) groups excluding carboxylic acids is 2. The number of nitrogens with zero attached hydrogens (tertiary/aromatic N) is 1. The minimum Gasteiger partial charge on any atom is -0.444 e. The van der Waals surface area contributed by atoms with Crippen LogP contribution in [0.4, 0.5) is 9.59 Å². The van der Waals surface area contributed by atoms with Crippen molar-refractivity contribution in [2.45, 2.75) is 71.6 Å². The van der Waals surface area contributed by atoms with Crippen LogP contribution in [-0.2, 0) is 9.47 Å². The number of nitrogens with one attached hydrogen (secondary N) is 1. The van der Waals surface area contributed by atoms with E-state index in [0.717, 1.165) is 6.42 Å². The van der Waals surface area contributed by atoms with Gasteiger partial charge in [0.1, 0.15) is 11.2 Å². The van der Waals surface area contributed by atoms with Gasteiger partial charge >= 0.3 is 12.2 Å². The van der Waals surface area contributed by atoms with E-state index in [9.17, 15) is 9.59 Å². The number of hydrogen-bond donors (Lipinski definition) is 1. The monoisotopic (exact) mass is 338 g/mol. The molecule has 0 radical (unpaired) electrons. The average Bonchev–Trinajstić information content (AvgIpc) is 2.76. The van der Waals surface area contributed by atoms with Crippen molar-refractivity contribution in [2.75, 3.05) is 13.1 Å². The summed E-state index contributed by atoms with van der Waals surface area (Å²) in [5, 5.41) is 2.77. The zero-order valence-corrected chi connectivity index (χ0v) is 15.6.